The number of aromatic nitrogens is 2. The molecule has 28 heavy (non-hydrogen) atoms. The van der Waals surface area contributed by atoms with Gasteiger partial charge in [-0.25, -0.2) is 0 Å². The number of hydrogen-bond acceptors (Lipinski definition) is 2. The van der Waals surface area contributed by atoms with Gasteiger partial charge < -0.3 is 0 Å². The summed E-state index contributed by atoms with van der Waals surface area (Å²) in [5.41, 5.74) is 4.98. The first kappa shape index (κ1) is 18.6. The lowest BCUT2D eigenvalue weighted by Gasteiger charge is -2.26. The van der Waals surface area contributed by atoms with Crippen molar-refractivity contribution in [2.75, 3.05) is 0 Å². The van der Waals surface area contributed by atoms with Crippen molar-refractivity contribution in [2.24, 2.45) is 0 Å². The monoisotopic (exact) mass is 368 g/mol. The Morgan fingerprint density at radius 3 is 2.29 bits per heavy atom. The van der Waals surface area contributed by atoms with Crippen molar-refractivity contribution < 1.29 is 0 Å². The Hall–Kier alpha value is -2.74. The Labute approximate surface area is 167 Å². The maximum absolute atomic E-state index is 4.79. The van der Waals surface area contributed by atoms with E-state index in [1.54, 1.807) is 0 Å². The Bertz CT molecular complexity index is 1150. The highest BCUT2D eigenvalue weighted by Gasteiger charge is 2.24. The fourth-order valence-electron chi connectivity index (χ4n) is 3.85. The van der Waals surface area contributed by atoms with Crippen LogP contribution in [0.2, 0.25) is 0 Å². The average molecular weight is 369 g/mol. The summed E-state index contributed by atoms with van der Waals surface area (Å²) in [6.45, 7) is 11.4. The van der Waals surface area contributed by atoms with Crippen molar-refractivity contribution in [3.63, 3.8) is 0 Å². The van der Waals surface area contributed by atoms with E-state index >= 15 is 0 Å². The highest BCUT2D eigenvalue weighted by atomic mass is 14.7. The van der Waals surface area contributed by atoms with Gasteiger partial charge in [-0.1, -0.05) is 58.9 Å². The van der Waals surface area contributed by atoms with Gasteiger partial charge in [0.05, 0.1) is 5.52 Å². The van der Waals surface area contributed by atoms with Crippen molar-refractivity contribution in [1.82, 2.24) is 9.97 Å². The molecule has 2 heterocycles. The highest BCUT2D eigenvalue weighted by molar-refractivity contribution is 5.85. The van der Waals surface area contributed by atoms with E-state index in [2.05, 4.69) is 88.1 Å². The lowest BCUT2D eigenvalue weighted by atomic mass is 9.78. The molecule has 0 atom stereocenters. The molecule has 0 saturated carbocycles. The molecule has 0 aliphatic heterocycles. The topological polar surface area (TPSA) is 25.8 Å². The van der Waals surface area contributed by atoms with Gasteiger partial charge in [0, 0.05) is 28.9 Å². The van der Waals surface area contributed by atoms with Crippen LogP contribution in [0.25, 0.3) is 21.7 Å². The third-order valence-corrected chi connectivity index (χ3v) is 5.71. The molecular formula is C26H28N2. The molecule has 0 aliphatic carbocycles. The summed E-state index contributed by atoms with van der Waals surface area (Å²) in [4.78, 5) is 9.24. The van der Waals surface area contributed by atoms with Gasteiger partial charge in [0.2, 0.25) is 0 Å². The summed E-state index contributed by atoms with van der Waals surface area (Å²) in [6.07, 6.45) is 4.68. The molecule has 0 spiro atoms. The van der Waals surface area contributed by atoms with Crippen LogP contribution < -0.4 is 0 Å². The molecule has 4 aromatic rings. The molecule has 0 radical (unpaired) electrons. The normalized spacial score (nSPS) is 12.6. The van der Waals surface area contributed by atoms with Crippen LogP contribution in [-0.2, 0) is 17.3 Å². The summed E-state index contributed by atoms with van der Waals surface area (Å²) in [5, 5.41) is 3.72. The Morgan fingerprint density at radius 2 is 1.50 bits per heavy atom. The van der Waals surface area contributed by atoms with E-state index in [4.69, 9.17) is 4.98 Å². The first-order valence-electron chi connectivity index (χ1n) is 9.97. The molecule has 0 saturated heterocycles. The van der Waals surface area contributed by atoms with Crippen LogP contribution in [0.5, 0.6) is 0 Å². The SMILES string of the molecule is CC(C)(C)c1ccc2ccnc(CC(C)(C)c3ccc4ncccc4c3)c2c1. The Balaban J connectivity index is 1.76. The molecule has 2 nitrogen and oxygen atoms in total. The van der Waals surface area contributed by atoms with Gasteiger partial charge in [0.1, 0.15) is 0 Å². The van der Waals surface area contributed by atoms with Gasteiger partial charge >= 0.3 is 0 Å². The molecular weight excluding hydrogens is 340 g/mol. The first-order chi connectivity index (χ1) is 13.2. The largest absolute Gasteiger partial charge is 0.261 e. The molecule has 0 unspecified atom stereocenters. The van der Waals surface area contributed by atoms with Crippen LogP contribution in [0.1, 0.15) is 51.4 Å². The molecule has 0 amide bonds. The maximum Gasteiger partial charge on any atom is 0.0702 e. The molecule has 142 valence electrons. The summed E-state index contributed by atoms with van der Waals surface area (Å²) in [5.74, 6) is 0. The minimum Gasteiger partial charge on any atom is -0.261 e. The molecule has 4 rings (SSSR count). The molecule has 0 N–H and O–H groups in total. The van der Waals surface area contributed by atoms with Gasteiger partial charge in [-0.3, -0.25) is 9.97 Å². The van der Waals surface area contributed by atoms with Crippen molar-refractivity contribution in [1.29, 1.82) is 0 Å². The van der Waals surface area contributed by atoms with E-state index in [9.17, 15) is 0 Å². The number of rotatable bonds is 3. The second kappa shape index (κ2) is 6.70. The van der Waals surface area contributed by atoms with Crippen molar-refractivity contribution in [3.05, 3.63) is 83.8 Å². The number of nitrogens with zero attached hydrogens (tertiary/aromatic N) is 2. The molecule has 2 aromatic carbocycles. The van der Waals surface area contributed by atoms with Gasteiger partial charge in [-0.15, -0.1) is 0 Å². The summed E-state index contributed by atoms with van der Waals surface area (Å²) < 4.78 is 0. The Kier molecular flexibility index (Phi) is 4.45. The zero-order valence-corrected chi connectivity index (χ0v) is 17.5. The third-order valence-electron chi connectivity index (χ3n) is 5.71. The first-order valence-corrected chi connectivity index (χ1v) is 9.97. The molecule has 0 bridgehead atoms. The smallest absolute Gasteiger partial charge is 0.0702 e. The Morgan fingerprint density at radius 1 is 0.714 bits per heavy atom. The van der Waals surface area contributed by atoms with E-state index < -0.39 is 0 Å². The van der Waals surface area contributed by atoms with Crippen molar-refractivity contribution >= 4 is 21.7 Å². The van der Waals surface area contributed by atoms with Crippen LogP contribution >= 0.6 is 0 Å². The predicted molar refractivity (Wildman–Crippen MR) is 119 cm³/mol. The van der Waals surface area contributed by atoms with E-state index in [1.165, 1.54) is 33.0 Å². The van der Waals surface area contributed by atoms with Gasteiger partial charge in [-0.05, 0) is 64.1 Å². The van der Waals surface area contributed by atoms with Gasteiger partial charge in [-0.2, -0.15) is 0 Å². The number of hydrogen-bond donors (Lipinski definition) is 0. The van der Waals surface area contributed by atoms with Crippen LogP contribution in [0, 0.1) is 0 Å². The van der Waals surface area contributed by atoms with E-state index in [-0.39, 0.29) is 10.8 Å². The van der Waals surface area contributed by atoms with Gasteiger partial charge in [0.25, 0.3) is 0 Å². The fraction of sp³-hybridized carbons (Fsp3) is 0.308. The van der Waals surface area contributed by atoms with Crippen LogP contribution in [0.3, 0.4) is 0 Å². The van der Waals surface area contributed by atoms with E-state index in [1.807, 2.05) is 18.5 Å². The third kappa shape index (κ3) is 3.52. The van der Waals surface area contributed by atoms with Crippen molar-refractivity contribution in [2.45, 2.75) is 51.9 Å². The minimum absolute atomic E-state index is 0.0247. The van der Waals surface area contributed by atoms with Crippen LogP contribution in [-0.4, -0.2) is 9.97 Å². The molecule has 0 aliphatic rings. The zero-order chi connectivity index (χ0) is 19.9. The standard InChI is InChI=1S/C26H28N2/c1-25(2,3)20-9-8-18-12-14-28-24(22(18)16-20)17-26(4,5)21-10-11-23-19(15-21)7-6-13-27-23/h6-16H,17H2,1-5H3. The second-order valence-corrected chi connectivity index (χ2v) is 9.42. The molecule has 0 fully saturated rings. The number of pyridine rings is 2. The summed E-state index contributed by atoms with van der Waals surface area (Å²) in [6, 6.07) is 19.7. The van der Waals surface area contributed by atoms with Crippen LogP contribution in [0.15, 0.2) is 67.0 Å². The molecule has 2 heteroatoms. The second-order valence-electron chi connectivity index (χ2n) is 9.42. The van der Waals surface area contributed by atoms with Crippen LogP contribution in [0.4, 0.5) is 0 Å². The van der Waals surface area contributed by atoms with Gasteiger partial charge in [0.15, 0.2) is 0 Å². The lowest BCUT2D eigenvalue weighted by Crippen LogP contribution is -2.21. The minimum atomic E-state index is -0.0247. The summed E-state index contributed by atoms with van der Waals surface area (Å²) >= 11 is 0. The van der Waals surface area contributed by atoms with Crippen molar-refractivity contribution in [3.8, 4) is 0 Å². The molecule has 2 aromatic heterocycles. The zero-order valence-electron chi connectivity index (χ0n) is 17.5. The van der Waals surface area contributed by atoms with E-state index in [0.29, 0.717) is 0 Å². The van der Waals surface area contributed by atoms with E-state index in [0.717, 1.165) is 11.9 Å². The lowest BCUT2D eigenvalue weighted by molar-refractivity contribution is 0.518. The quantitative estimate of drug-likeness (QED) is 0.407. The number of fused-ring (bicyclic) bond motifs is 2. The highest BCUT2D eigenvalue weighted by Crippen LogP contribution is 2.33. The summed E-state index contributed by atoms with van der Waals surface area (Å²) in [7, 11) is 0. The number of benzene rings is 2. The fourth-order valence-corrected chi connectivity index (χ4v) is 3.85. The maximum atomic E-state index is 4.79. The predicted octanol–water partition coefficient (Wildman–Crippen LogP) is 6.60. The average Bonchev–Trinajstić information content (AvgIpc) is 2.66.